The molecule has 2 heterocycles. The number of amides is 4. The molecule has 1 fully saturated rings. The van der Waals surface area contributed by atoms with E-state index in [1.165, 1.54) is 30.3 Å². The molecule has 7 nitrogen and oxygen atoms in total. The van der Waals surface area contributed by atoms with Crippen LogP contribution in [0.15, 0.2) is 40.4 Å². The van der Waals surface area contributed by atoms with Crippen molar-refractivity contribution < 1.29 is 23.2 Å². The van der Waals surface area contributed by atoms with Crippen molar-refractivity contribution in [3.05, 3.63) is 58.9 Å². The van der Waals surface area contributed by atoms with Crippen LogP contribution in [0.2, 0.25) is 0 Å². The summed E-state index contributed by atoms with van der Waals surface area (Å²) in [5.41, 5.74) is 1.10. The normalized spacial score (nSPS) is 15.5. The van der Waals surface area contributed by atoms with Gasteiger partial charge in [0.1, 0.15) is 29.6 Å². The second-order valence-electron chi connectivity index (χ2n) is 5.80. The van der Waals surface area contributed by atoms with Gasteiger partial charge in [-0.15, -0.1) is 0 Å². The van der Waals surface area contributed by atoms with E-state index < -0.39 is 30.2 Å². The summed E-state index contributed by atoms with van der Waals surface area (Å²) >= 11 is 0. The zero-order chi connectivity index (χ0) is 18.8. The lowest BCUT2D eigenvalue weighted by Crippen LogP contribution is -2.38. The minimum Gasteiger partial charge on any atom is -0.466 e. The maximum atomic E-state index is 12.9. The maximum absolute atomic E-state index is 12.9. The molecule has 0 unspecified atom stereocenters. The largest absolute Gasteiger partial charge is 0.466 e. The predicted octanol–water partition coefficient (Wildman–Crippen LogP) is 2.57. The van der Waals surface area contributed by atoms with E-state index in [0.717, 1.165) is 4.90 Å². The zero-order valence-corrected chi connectivity index (χ0v) is 14.1. The zero-order valence-electron chi connectivity index (χ0n) is 14.1. The lowest BCUT2D eigenvalue weighted by atomic mass is 10.2. The van der Waals surface area contributed by atoms with Gasteiger partial charge in [-0.05, 0) is 50.3 Å². The fraction of sp³-hybridized carbons (Fsp3) is 0.167. The quantitative estimate of drug-likeness (QED) is 0.650. The first-order chi connectivity index (χ1) is 12.3. The third kappa shape index (κ3) is 3.64. The molecular formula is C18H16FN3O4. The summed E-state index contributed by atoms with van der Waals surface area (Å²) in [7, 11) is 0. The van der Waals surface area contributed by atoms with Crippen molar-refractivity contribution in [3.8, 4) is 0 Å². The molecular weight excluding hydrogens is 341 g/mol. The number of carbonyl (C=O) groups is 3. The van der Waals surface area contributed by atoms with Gasteiger partial charge in [0.05, 0.1) is 0 Å². The third-order valence-corrected chi connectivity index (χ3v) is 3.77. The van der Waals surface area contributed by atoms with E-state index in [-0.39, 0.29) is 5.70 Å². The van der Waals surface area contributed by atoms with Crippen LogP contribution in [0.3, 0.4) is 0 Å². The second kappa shape index (κ2) is 6.83. The Morgan fingerprint density at radius 3 is 2.58 bits per heavy atom. The van der Waals surface area contributed by atoms with E-state index in [9.17, 15) is 18.8 Å². The fourth-order valence-electron chi connectivity index (χ4n) is 2.54. The molecule has 1 aromatic carbocycles. The number of urea groups is 1. The number of aryl methyl sites for hydroxylation is 2. The Kier molecular flexibility index (Phi) is 4.57. The van der Waals surface area contributed by atoms with Crippen molar-refractivity contribution in [1.82, 2.24) is 10.2 Å². The summed E-state index contributed by atoms with van der Waals surface area (Å²) in [6.07, 6.45) is 1.50. The lowest BCUT2D eigenvalue weighted by molar-refractivity contribution is -0.127. The van der Waals surface area contributed by atoms with Crippen molar-refractivity contribution in [2.24, 2.45) is 0 Å². The maximum Gasteiger partial charge on any atom is 0.329 e. The molecule has 2 aromatic rings. The number of nitrogens with zero attached hydrogens (tertiary/aromatic N) is 1. The van der Waals surface area contributed by atoms with Crippen LogP contribution in [0.25, 0.3) is 6.08 Å². The van der Waals surface area contributed by atoms with Gasteiger partial charge in [0.15, 0.2) is 0 Å². The molecule has 1 aliphatic heterocycles. The van der Waals surface area contributed by atoms with Crippen LogP contribution in [0.4, 0.5) is 14.9 Å². The number of furan rings is 1. The summed E-state index contributed by atoms with van der Waals surface area (Å²) in [5, 5.41) is 4.94. The van der Waals surface area contributed by atoms with Gasteiger partial charge in [0, 0.05) is 11.3 Å². The summed E-state index contributed by atoms with van der Waals surface area (Å²) in [4.78, 5) is 37.2. The van der Waals surface area contributed by atoms with Crippen LogP contribution in [0.1, 0.15) is 17.1 Å². The lowest BCUT2D eigenvalue weighted by Gasteiger charge is -2.11. The van der Waals surface area contributed by atoms with E-state index in [1.54, 1.807) is 19.9 Å². The number of hydrogen-bond donors (Lipinski definition) is 2. The molecule has 0 spiro atoms. The topological polar surface area (TPSA) is 91.7 Å². The minimum atomic E-state index is -0.687. The van der Waals surface area contributed by atoms with E-state index in [4.69, 9.17) is 4.42 Å². The van der Waals surface area contributed by atoms with Gasteiger partial charge in [-0.25, -0.2) is 14.1 Å². The molecule has 1 aromatic heterocycles. The number of halogens is 1. The highest BCUT2D eigenvalue weighted by atomic mass is 19.1. The molecule has 2 N–H and O–H groups in total. The summed E-state index contributed by atoms with van der Waals surface area (Å²) in [5.74, 6) is -0.318. The molecule has 0 saturated carbocycles. The number of carbonyl (C=O) groups excluding carboxylic acids is 3. The van der Waals surface area contributed by atoms with Crippen molar-refractivity contribution in [2.45, 2.75) is 13.8 Å². The fourth-order valence-corrected chi connectivity index (χ4v) is 2.54. The van der Waals surface area contributed by atoms with E-state index in [0.29, 0.717) is 22.8 Å². The summed E-state index contributed by atoms with van der Waals surface area (Å²) in [6, 6.07) is 6.21. The molecule has 3 rings (SSSR count). The number of benzene rings is 1. The number of hydrogen-bond acceptors (Lipinski definition) is 4. The molecule has 0 bridgehead atoms. The molecule has 26 heavy (non-hydrogen) atoms. The highest BCUT2D eigenvalue weighted by Gasteiger charge is 2.35. The van der Waals surface area contributed by atoms with Crippen LogP contribution in [0.5, 0.6) is 0 Å². The van der Waals surface area contributed by atoms with Crippen LogP contribution in [-0.4, -0.2) is 29.3 Å². The van der Waals surface area contributed by atoms with Crippen LogP contribution >= 0.6 is 0 Å². The molecule has 1 saturated heterocycles. The predicted molar refractivity (Wildman–Crippen MR) is 91.4 cm³/mol. The monoisotopic (exact) mass is 357 g/mol. The first kappa shape index (κ1) is 17.4. The molecule has 1 aliphatic rings. The van der Waals surface area contributed by atoms with E-state index >= 15 is 0 Å². The SMILES string of the molecule is Cc1cc(/C=C2\NC(=O)N(CC(=O)Nc3ccc(F)cc3)C2=O)c(C)o1. The van der Waals surface area contributed by atoms with E-state index in [2.05, 4.69) is 10.6 Å². The standard InChI is InChI=1S/C18H16FN3O4/c1-10-7-12(11(2)26-10)8-15-17(24)22(18(25)21-15)9-16(23)20-14-5-3-13(19)4-6-14/h3-8H,9H2,1-2H3,(H,20,23)(H,21,25)/b15-8-. The molecule has 0 aliphatic carbocycles. The molecule has 8 heteroatoms. The van der Waals surface area contributed by atoms with Gasteiger partial charge in [-0.2, -0.15) is 0 Å². The summed E-state index contributed by atoms with van der Waals surface area (Å²) < 4.78 is 18.3. The van der Waals surface area contributed by atoms with Crippen molar-refractivity contribution in [1.29, 1.82) is 0 Å². The first-order valence-corrected chi connectivity index (χ1v) is 7.80. The minimum absolute atomic E-state index is 0.0634. The molecule has 134 valence electrons. The third-order valence-electron chi connectivity index (χ3n) is 3.77. The van der Waals surface area contributed by atoms with Gasteiger partial charge in [0.25, 0.3) is 5.91 Å². The molecule has 4 amide bonds. The Bertz CT molecular complexity index is 915. The highest BCUT2D eigenvalue weighted by molar-refractivity contribution is 6.15. The van der Waals surface area contributed by atoms with Gasteiger partial charge < -0.3 is 15.1 Å². The van der Waals surface area contributed by atoms with Gasteiger partial charge in [0.2, 0.25) is 5.91 Å². The average molecular weight is 357 g/mol. The second-order valence-corrected chi connectivity index (χ2v) is 5.80. The van der Waals surface area contributed by atoms with Crippen LogP contribution < -0.4 is 10.6 Å². The molecule has 0 radical (unpaired) electrons. The number of rotatable bonds is 4. The number of anilines is 1. The van der Waals surface area contributed by atoms with E-state index in [1.807, 2.05) is 0 Å². The van der Waals surface area contributed by atoms with Crippen molar-refractivity contribution in [3.63, 3.8) is 0 Å². The smallest absolute Gasteiger partial charge is 0.329 e. The Labute approximate surface area is 148 Å². The van der Waals surface area contributed by atoms with Crippen LogP contribution in [0, 0.1) is 19.7 Å². The number of nitrogens with one attached hydrogen (secondary N) is 2. The van der Waals surface area contributed by atoms with Gasteiger partial charge >= 0.3 is 6.03 Å². The van der Waals surface area contributed by atoms with Crippen molar-refractivity contribution >= 4 is 29.6 Å². The number of imide groups is 1. The Hall–Kier alpha value is -3.42. The molecule has 0 atom stereocenters. The van der Waals surface area contributed by atoms with Crippen LogP contribution in [-0.2, 0) is 9.59 Å². The average Bonchev–Trinajstić information content (AvgIpc) is 3.03. The first-order valence-electron chi connectivity index (χ1n) is 7.80. The highest BCUT2D eigenvalue weighted by Crippen LogP contribution is 2.19. The van der Waals surface area contributed by atoms with Gasteiger partial charge in [-0.3, -0.25) is 9.59 Å². The van der Waals surface area contributed by atoms with Gasteiger partial charge in [-0.1, -0.05) is 0 Å². The summed E-state index contributed by atoms with van der Waals surface area (Å²) in [6.45, 7) is 3.06. The van der Waals surface area contributed by atoms with Crippen molar-refractivity contribution in [2.75, 3.05) is 11.9 Å². The Morgan fingerprint density at radius 2 is 1.96 bits per heavy atom. The Morgan fingerprint density at radius 1 is 1.27 bits per heavy atom. The Balaban J connectivity index is 1.70.